The maximum absolute atomic E-state index is 12.8. The molecule has 0 aliphatic carbocycles. The molecule has 0 radical (unpaired) electrons. The maximum atomic E-state index is 12.8. The van der Waals surface area contributed by atoms with Crippen LogP contribution in [0.5, 0.6) is 17.2 Å². The van der Waals surface area contributed by atoms with Gasteiger partial charge in [0.1, 0.15) is 5.75 Å². The minimum absolute atomic E-state index is 0.0774. The van der Waals surface area contributed by atoms with Crippen molar-refractivity contribution in [1.82, 2.24) is 5.43 Å². The number of anilines is 1. The Morgan fingerprint density at radius 3 is 2.43 bits per heavy atom. The van der Waals surface area contributed by atoms with Gasteiger partial charge in [-0.15, -0.1) is 0 Å². The molecule has 210 valence electrons. The molecule has 0 unspecified atom stereocenters. The molecule has 4 aromatic rings. The molecule has 12 nitrogen and oxygen atoms in total. The van der Waals surface area contributed by atoms with Gasteiger partial charge in [-0.3, -0.25) is 19.7 Å². The molecule has 0 fully saturated rings. The van der Waals surface area contributed by atoms with E-state index in [9.17, 15) is 24.5 Å². The summed E-state index contributed by atoms with van der Waals surface area (Å²) in [4.78, 5) is 48.3. The SMILES string of the molecule is O=C(NN=Cc1cc(Br)ccc1OC(=O)c1ccc2c(c1)OCO2)c1cccc(NC(=O)c2ccc([N+](=O)[O-])cc2)c1. The Morgan fingerprint density at radius 2 is 1.64 bits per heavy atom. The number of hydrogen-bond acceptors (Lipinski definition) is 9. The van der Waals surface area contributed by atoms with Gasteiger partial charge in [0.25, 0.3) is 17.5 Å². The van der Waals surface area contributed by atoms with Crippen LogP contribution in [0.15, 0.2) is 94.5 Å². The van der Waals surface area contributed by atoms with Crippen molar-refractivity contribution >= 4 is 51.3 Å². The maximum Gasteiger partial charge on any atom is 0.343 e. The monoisotopic (exact) mass is 630 g/mol. The summed E-state index contributed by atoms with van der Waals surface area (Å²) in [6.45, 7) is 0.0774. The van der Waals surface area contributed by atoms with E-state index < -0.39 is 22.7 Å². The van der Waals surface area contributed by atoms with Crippen molar-refractivity contribution in [2.75, 3.05) is 12.1 Å². The Labute approximate surface area is 246 Å². The van der Waals surface area contributed by atoms with Gasteiger partial charge in [0.15, 0.2) is 11.5 Å². The van der Waals surface area contributed by atoms with Crippen LogP contribution in [0.3, 0.4) is 0 Å². The number of hydrogen-bond donors (Lipinski definition) is 2. The van der Waals surface area contributed by atoms with Gasteiger partial charge >= 0.3 is 5.97 Å². The number of carbonyl (C=O) groups is 3. The molecule has 0 spiro atoms. The summed E-state index contributed by atoms with van der Waals surface area (Å²) >= 11 is 3.37. The quantitative estimate of drug-likeness (QED) is 0.0870. The fraction of sp³-hybridized carbons (Fsp3) is 0.0345. The molecule has 0 atom stereocenters. The highest BCUT2D eigenvalue weighted by molar-refractivity contribution is 9.10. The fourth-order valence-electron chi connectivity index (χ4n) is 3.80. The summed E-state index contributed by atoms with van der Waals surface area (Å²) in [6.07, 6.45) is 1.32. The van der Waals surface area contributed by atoms with E-state index in [0.717, 1.165) is 0 Å². The third-order valence-electron chi connectivity index (χ3n) is 5.88. The number of esters is 1. The second kappa shape index (κ2) is 12.3. The molecule has 4 aromatic carbocycles. The highest BCUT2D eigenvalue weighted by Crippen LogP contribution is 2.33. The predicted octanol–water partition coefficient (Wildman–Crippen LogP) is 5.32. The number of nitrogens with one attached hydrogen (secondary N) is 2. The molecule has 0 bridgehead atoms. The van der Waals surface area contributed by atoms with Crippen LogP contribution in [0.4, 0.5) is 11.4 Å². The van der Waals surface area contributed by atoms with Gasteiger partial charge in [0.2, 0.25) is 6.79 Å². The average Bonchev–Trinajstić information content (AvgIpc) is 3.46. The van der Waals surface area contributed by atoms with Gasteiger partial charge in [-0.2, -0.15) is 5.10 Å². The van der Waals surface area contributed by atoms with E-state index in [1.54, 1.807) is 42.5 Å². The van der Waals surface area contributed by atoms with Crippen molar-refractivity contribution in [3.63, 3.8) is 0 Å². The number of non-ortho nitro benzene ring substituents is 1. The van der Waals surface area contributed by atoms with Crippen molar-refractivity contribution in [1.29, 1.82) is 0 Å². The molecular weight excluding hydrogens is 612 g/mol. The third kappa shape index (κ3) is 6.59. The molecule has 1 heterocycles. The van der Waals surface area contributed by atoms with Crippen molar-refractivity contribution < 1.29 is 33.5 Å². The first-order chi connectivity index (χ1) is 20.3. The lowest BCUT2D eigenvalue weighted by molar-refractivity contribution is -0.384. The van der Waals surface area contributed by atoms with Crippen LogP contribution in [0.2, 0.25) is 0 Å². The number of nitrogens with zero attached hydrogens (tertiary/aromatic N) is 2. The molecule has 0 saturated heterocycles. The van der Waals surface area contributed by atoms with Crippen LogP contribution in [0, 0.1) is 10.1 Å². The normalized spacial score (nSPS) is 11.6. The second-order valence-electron chi connectivity index (χ2n) is 8.68. The van der Waals surface area contributed by atoms with E-state index in [0.29, 0.717) is 27.2 Å². The Hall–Kier alpha value is -5.56. The number of nitro groups is 1. The van der Waals surface area contributed by atoms with Crippen molar-refractivity contribution in [2.45, 2.75) is 0 Å². The predicted molar refractivity (Wildman–Crippen MR) is 154 cm³/mol. The van der Waals surface area contributed by atoms with E-state index >= 15 is 0 Å². The van der Waals surface area contributed by atoms with Gasteiger partial charge in [-0.25, -0.2) is 10.2 Å². The Kier molecular flexibility index (Phi) is 8.20. The number of benzene rings is 4. The number of halogens is 1. The van der Waals surface area contributed by atoms with E-state index in [1.165, 1.54) is 48.7 Å². The van der Waals surface area contributed by atoms with Gasteiger partial charge < -0.3 is 19.5 Å². The minimum Gasteiger partial charge on any atom is -0.454 e. The zero-order valence-corrected chi connectivity index (χ0v) is 23.0. The van der Waals surface area contributed by atoms with Gasteiger partial charge in [0, 0.05) is 39.0 Å². The Morgan fingerprint density at radius 1 is 0.881 bits per heavy atom. The number of amides is 2. The summed E-state index contributed by atoms with van der Waals surface area (Å²) in [6, 6.07) is 20.9. The molecule has 42 heavy (non-hydrogen) atoms. The van der Waals surface area contributed by atoms with Crippen LogP contribution < -0.4 is 25.0 Å². The first-order valence-corrected chi connectivity index (χ1v) is 13.0. The van der Waals surface area contributed by atoms with Crippen LogP contribution in [0.25, 0.3) is 0 Å². The second-order valence-corrected chi connectivity index (χ2v) is 9.59. The highest BCUT2D eigenvalue weighted by Gasteiger charge is 2.18. The summed E-state index contributed by atoms with van der Waals surface area (Å²) < 4.78 is 16.8. The largest absolute Gasteiger partial charge is 0.454 e. The van der Waals surface area contributed by atoms with E-state index in [2.05, 4.69) is 31.8 Å². The summed E-state index contributed by atoms with van der Waals surface area (Å²) in [5.74, 6) is -0.503. The standard InChI is InChI=1S/C29H19BrN4O8/c30-21-7-11-24(42-29(37)19-6-10-25-26(14-19)41-16-40-25)20(12-21)15-31-33-28(36)18-2-1-3-22(13-18)32-27(35)17-4-8-23(9-5-17)34(38)39/h1-15H,16H2,(H,32,35)(H,33,36). The van der Waals surface area contributed by atoms with Crippen molar-refractivity contribution in [3.05, 3.63) is 122 Å². The lowest BCUT2D eigenvalue weighted by atomic mass is 10.1. The number of ether oxygens (including phenoxy) is 3. The summed E-state index contributed by atoms with van der Waals surface area (Å²) in [5, 5.41) is 17.5. The molecular formula is C29H19BrN4O8. The molecule has 5 rings (SSSR count). The van der Waals surface area contributed by atoms with E-state index in [4.69, 9.17) is 14.2 Å². The number of hydrazone groups is 1. The number of carbonyl (C=O) groups excluding carboxylic acids is 3. The zero-order valence-electron chi connectivity index (χ0n) is 21.4. The molecule has 2 amide bonds. The van der Waals surface area contributed by atoms with Crippen LogP contribution in [-0.4, -0.2) is 35.7 Å². The first-order valence-electron chi connectivity index (χ1n) is 12.2. The highest BCUT2D eigenvalue weighted by atomic mass is 79.9. The number of rotatable bonds is 8. The first kappa shape index (κ1) is 28.0. The molecule has 13 heteroatoms. The summed E-state index contributed by atoms with van der Waals surface area (Å²) in [5.41, 5.74) is 3.69. The van der Waals surface area contributed by atoms with Crippen molar-refractivity contribution in [3.8, 4) is 17.2 Å². The van der Waals surface area contributed by atoms with Gasteiger partial charge in [-0.05, 0) is 66.7 Å². The average molecular weight is 631 g/mol. The van der Waals surface area contributed by atoms with Crippen LogP contribution in [-0.2, 0) is 0 Å². The van der Waals surface area contributed by atoms with E-state index in [1.807, 2.05) is 0 Å². The smallest absolute Gasteiger partial charge is 0.343 e. The summed E-state index contributed by atoms with van der Waals surface area (Å²) in [7, 11) is 0. The molecule has 1 aliphatic heterocycles. The Bertz CT molecular complexity index is 1740. The van der Waals surface area contributed by atoms with Crippen LogP contribution in [0.1, 0.15) is 36.6 Å². The Balaban J connectivity index is 1.23. The lowest BCUT2D eigenvalue weighted by Gasteiger charge is -2.09. The minimum atomic E-state index is -0.623. The lowest BCUT2D eigenvalue weighted by Crippen LogP contribution is -2.18. The molecule has 1 aliphatic rings. The number of fused-ring (bicyclic) bond motifs is 1. The van der Waals surface area contributed by atoms with Gasteiger partial charge in [0.05, 0.1) is 16.7 Å². The molecule has 0 aromatic heterocycles. The van der Waals surface area contributed by atoms with Gasteiger partial charge in [-0.1, -0.05) is 22.0 Å². The number of nitro benzene ring substituents is 1. The molecule has 2 N–H and O–H groups in total. The molecule has 0 saturated carbocycles. The zero-order chi connectivity index (χ0) is 29.6. The third-order valence-corrected chi connectivity index (χ3v) is 6.37. The fourth-order valence-corrected chi connectivity index (χ4v) is 4.18. The van der Waals surface area contributed by atoms with Crippen molar-refractivity contribution in [2.24, 2.45) is 5.10 Å². The topological polar surface area (TPSA) is 158 Å². The van der Waals surface area contributed by atoms with E-state index in [-0.39, 0.29) is 34.9 Å². The van der Waals surface area contributed by atoms with Crippen LogP contribution >= 0.6 is 15.9 Å².